The average molecular weight is 412 g/mol. The molecule has 160 valence electrons. The molecule has 0 saturated heterocycles. The second-order valence-corrected chi connectivity index (χ2v) is 7.96. The Morgan fingerprint density at radius 3 is 2.33 bits per heavy atom. The maximum absolute atomic E-state index is 12.4. The van der Waals surface area contributed by atoms with Crippen molar-refractivity contribution < 1.29 is 23.9 Å². The third-order valence-corrected chi connectivity index (χ3v) is 3.98. The SMILES string of the molecule is Cc1ccc(CNC(=O)[C@@H](C)OC(=O)c2cccc(NC(=O)OC(C)(C)C)c2)cc1. The number of amides is 2. The molecule has 0 aromatic heterocycles. The molecule has 0 unspecified atom stereocenters. The van der Waals surface area contributed by atoms with E-state index >= 15 is 0 Å². The minimum absolute atomic E-state index is 0.210. The number of nitrogens with one attached hydrogen (secondary N) is 2. The van der Waals surface area contributed by atoms with Gasteiger partial charge < -0.3 is 14.8 Å². The zero-order valence-electron chi connectivity index (χ0n) is 17.9. The lowest BCUT2D eigenvalue weighted by Gasteiger charge is -2.19. The fraction of sp³-hybridized carbons (Fsp3) is 0.348. The third-order valence-electron chi connectivity index (χ3n) is 3.98. The van der Waals surface area contributed by atoms with Crippen LogP contribution in [0.2, 0.25) is 0 Å². The van der Waals surface area contributed by atoms with Crippen LogP contribution in [0.1, 0.15) is 49.2 Å². The van der Waals surface area contributed by atoms with Crippen molar-refractivity contribution in [2.24, 2.45) is 0 Å². The fourth-order valence-corrected chi connectivity index (χ4v) is 2.47. The van der Waals surface area contributed by atoms with Crippen LogP contribution >= 0.6 is 0 Å². The van der Waals surface area contributed by atoms with Crippen LogP contribution in [0.5, 0.6) is 0 Å². The molecule has 0 saturated carbocycles. The fourth-order valence-electron chi connectivity index (χ4n) is 2.47. The number of hydrogen-bond acceptors (Lipinski definition) is 5. The highest BCUT2D eigenvalue weighted by Crippen LogP contribution is 2.15. The summed E-state index contributed by atoms with van der Waals surface area (Å²) in [6, 6.07) is 14.0. The molecular formula is C23H28N2O5. The van der Waals surface area contributed by atoms with Gasteiger partial charge in [-0.25, -0.2) is 9.59 Å². The molecular weight excluding hydrogens is 384 g/mol. The van der Waals surface area contributed by atoms with Gasteiger partial charge in [-0.15, -0.1) is 0 Å². The van der Waals surface area contributed by atoms with Gasteiger partial charge in [-0.05, 0) is 58.4 Å². The Labute approximate surface area is 176 Å². The van der Waals surface area contributed by atoms with E-state index in [1.54, 1.807) is 39.0 Å². The van der Waals surface area contributed by atoms with E-state index in [1.165, 1.54) is 13.0 Å². The summed E-state index contributed by atoms with van der Waals surface area (Å²) >= 11 is 0. The van der Waals surface area contributed by atoms with Gasteiger partial charge in [-0.3, -0.25) is 10.1 Å². The Balaban J connectivity index is 1.90. The number of benzene rings is 2. The first-order chi connectivity index (χ1) is 14.0. The number of esters is 1. The normalized spacial score (nSPS) is 11.9. The monoisotopic (exact) mass is 412 g/mol. The Hall–Kier alpha value is -3.35. The van der Waals surface area contributed by atoms with E-state index in [9.17, 15) is 14.4 Å². The Morgan fingerprint density at radius 2 is 1.70 bits per heavy atom. The molecule has 2 aromatic carbocycles. The minimum atomic E-state index is -0.967. The summed E-state index contributed by atoms with van der Waals surface area (Å²) in [7, 11) is 0. The van der Waals surface area contributed by atoms with Crippen molar-refractivity contribution in [3.05, 3.63) is 65.2 Å². The number of aryl methyl sites for hydroxylation is 1. The summed E-state index contributed by atoms with van der Waals surface area (Å²) in [5.74, 6) is -1.06. The molecule has 2 N–H and O–H groups in total. The van der Waals surface area contributed by atoms with Crippen molar-refractivity contribution in [2.75, 3.05) is 5.32 Å². The van der Waals surface area contributed by atoms with Crippen LogP contribution in [0.4, 0.5) is 10.5 Å². The van der Waals surface area contributed by atoms with Crippen LogP contribution < -0.4 is 10.6 Å². The van der Waals surface area contributed by atoms with Crippen LogP contribution in [0, 0.1) is 6.92 Å². The highest BCUT2D eigenvalue weighted by molar-refractivity contribution is 5.94. The van der Waals surface area contributed by atoms with Crippen molar-refractivity contribution in [2.45, 2.75) is 52.9 Å². The third kappa shape index (κ3) is 7.58. The number of carbonyl (C=O) groups excluding carboxylic acids is 3. The van der Waals surface area contributed by atoms with Crippen molar-refractivity contribution in [3.8, 4) is 0 Å². The summed E-state index contributed by atoms with van der Waals surface area (Å²) < 4.78 is 10.4. The lowest BCUT2D eigenvalue weighted by molar-refractivity contribution is -0.129. The summed E-state index contributed by atoms with van der Waals surface area (Å²) in [6.45, 7) is 9.10. The Bertz CT molecular complexity index is 901. The van der Waals surface area contributed by atoms with Crippen LogP contribution in [-0.4, -0.2) is 29.7 Å². The number of hydrogen-bond donors (Lipinski definition) is 2. The second kappa shape index (κ2) is 9.91. The maximum atomic E-state index is 12.4. The topological polar surface area (TPSA) is 93.7 Å². The lowest BCUT2D eigenvalue weighted by atomic mass is 10.1. The summed E-state index contributed by atoms with van der Waals surface area (Å²) in [4.78, 5) is 36.5. The van der Waals surface area contributed by atoms with E-state index < -0.39 is 29.7 Å². The van der Waals surface area contributed by atoms with Crippen LogP contribution in [0.15, 0.2) is 48.5 Å². The van der Waals surface area contributed by atoms with Crippen molar-refractivity contribution >= 4 is 23.7 Å². The molecule has 0 aliphatic heterocycles. The molecule has 0 radical (unpaired) electrons. The van der Waals surface area contributed by atoms with E-state index in [1.807, 2.05) is 31.2 Å². The van der Waals surface area contributed by atoms with Crippen molar-refractivity contribution in [1.29, 1.82) is 0 Å². The molecule has 7 nitrogen and oxygen atoms in total. The molecule has 2 rings (SSSR count). The minimum Gasteiger partial charge on any atom is -0.449 e. The molecule has 0 heterocycles. The quantitative estimate of drug-likeness (QED) is 0.694. The van der Waals surface area contributed by atoms with Crippen LogP contribution in [0.3, 0.4) is 0 Å². The Morgan fingerprint density at radius 1 is 1.03 bits per heavy atom. The van der Waals surface area contributed by atoms with Gasteiger partial charge in [-0.1, -0.05) is 35.9 Å². The summed E-state index contributed by atoms with van der Waals surface area (Å²) in [5.41, 5.74) is 2.04. The van der Waals surface area contributed by atoms with E-state index in [2.05, 4.69) is 10.6 Å². The van der Waals surface area contributed by atoms with Gasteiger partial charge in [0.1, 0.15) is 5.60 Å². The molecule has 0 aliphatic rings. The highest BCUT2D eigenvalue weighted by atomic mass is 16.6. The molecule has 0 fully saturated rings. The smallest absolute Gasteiger partial charge is 0.412 e. The van der Waals surface area contributed by atoms with Gasteiger partial charge in [0.15, 0.2) is 6.10 Å². The summed E-state index contributed by atoms with van der Waals surface area (Å²) in [5, 5.41) is 5.31. The zero-order valence-corrected chi connectivity index (χ0v) is 17.9. The predicted molar refractivity (Wildman–Crippen MR) is 114 cm³/mol. The largest absolute Gasteiger partial charge is 0.449 e. The molecule has 0 aliphatic carbocycles. The summed E-state index contributed by atoms with van der Waals surface area (Å²) in [6.07, 6.45) is -1.60. The molecule has 2 amide bonds. The van der Waals surface area contributed by atoms with E-state index in [0.29, 0.717) is 12.2 Å². The average Bonchev–Trinajstić information content (AvgIpc) is 2.65. The number of rotatable bonds is 6. The first-order valence-corrected chi connectivity index (χ1v) is 9.68. The van der Waals surface area contributed by atoms with Crippen molar-refractivity contribution in [1.82, 2.24) is 5.32 Å². The predicted octanol–water partition coefficient (Wildman–Crippen LogP) is 4.20. The lowest BCUT2D eigenvalue weighted by Crippen LogP contribution is -2.35. The number of anilines is 1. The highest BCUT2D eigenvalue weighted by Gasteiger charge is 2.20. The second-order valence-electron chi connectivity index (χ2n) is 7.96. The molecule has 0 bridgehead atoms. The van der Waals surface area contributed by atoms with Gasteiger partial charge in [0.05, 0.1) is 5.56 Å². The number of carbonyl (C=O) groups is 3. The van der Waals surface area contributed by atoms with Gasteiger partial charge >= 0.3 is 12.1 Å². The van der Waals surface area contributed by atoms with Crippen LogP contribution in [0.25, 0.3) is 0 Å². The first-order valence-electron chi connectivity index (χ1n) is 9.68. The molecule has 0 spiro atoms. The van der Waals surface area contributed by atoms with Gasteiger partial charge in [0.25, 0.3) is 5.91 Å². The zero-order chi connectivity index (χ0) is 22.3. The van der Waals surface area contributed by atoms with Gasteiger partial charge in [-0.2, -0.15) is 0 Å². The van der Waals surface area contributed by atoms with E-state index in [0.717, 1.165) is 11.1 Å². The van der Waals surface area contributed by atoms with E-state index in [-0.39, 0.29) is 5.56 Å². The first kappa shape index (κ1) is 22.9. The maximum Gasteiger partial charge on any atom is 0.412 e. The number of ether oxygens (including phenoxy) is 2. The molecule has 30 heavy (non-hydrogen) atoms. The van der Waals surface area contributed by atoms with Gasteiger partial charge in [0.2, 0.25) is 0 Å². The standard InChI is InChI=1S/C23H28N2O5/c1-15-9-11-17(12-10-15)14-24-20(26)16(2)29-21(27)18-7-6-8-19(13-18)25-22(28)30-23(3,4)5/h6-13,16H,14H2,1-5H3,(H,24,26)(H,25,28)/t16-/m1/s1. The Kier molecular flexibility index (Phi) is 7.58. The molecule has 7 heteroatoms. The van der Waals surface area contributed by atoms with Crippen LogP contribution in [-0.2, 0) is 20.8 Å². The van der Waals surface area contributed by atoms with Crippen molar-refractivity contribution in [3.63, 3.8) is 0 Å². The molecule has 2 aromatic rings. The van der Waals surface area contributed by atoms with Gasteiger partial charge in [0, 0.05) is 12.2 Å². The molecule has 1 atom stereocenters. The van der Waals surface area contributed by atoms with E-state index in [4.69, 9.17) is 9.47 Å².